The molecule has 0 fully saturated rings. The van der Waals surface area contributed by atoms with Gasteiger partial charge in [0, 0.05) is 45.1 Å². The lowest BCUT2D eigenvalue weighted by Gasteiger charge is -2.22. The Morgan fingerprint density at radius 2 is 0.879 bits per heavy atom. The van der Waals surface area contributed by atoms with Crippen LogP contribution in [0.3, 0.4) is 0 Å². The largest absolute Gasteiger partial charge is 0.478 e. The predicted molar refractivity (Wildman–Crippen MR) is 233 cm³/mol. The first-order valence-electron chi connectivity index (χ1n) is 19.5. The fourth-order valence-corrected chi connectivity index (χ4v) is 9.58. The maximum absolute atomic E-state index is 15.1. The maximum Gasteiger partial charge on any atom is 0.415 e. The number of carboxylic acids is 2. The molecule has 0 spiro atoms. The van der Waals surface area contributed by atoms with Gasteiger partial charge >= 0.3 is 24.1 Å². The molecule has 342 valence electrons. The molecule has 2 heterocycles. The number of carboxylic acid groups (broad SMARTS) is 2. The molecule has 6 aromatic rings. The molecule has 0 radical (unpaired) electrons. The number of aromatic carboxylic acids is 2. The van der Waals surface area contributed by atoms with Crippen LogP contribution in [0.1, 0.15) is 56.8 Å². The van der Waals surface area contributed by atoms with Crippen molar-refractivity contribution in [3.63, 3.8) is 0 Å². The van der Waals surface area contributed by atoms with Crippen molar-refractivity contribution >= 4 is 68.2 Å². The molecule has 0 saturated carbocycles. The summed E-state index contributed by atoms with van der Waals surface area (Å²) < 4.78 is 70.9. The number of anilines is 2. The molecule has 2 N–H and O–H groups in total. The van der Waals surface area contributed by atoms with Gasteiger partial charge in [-0.2, -0.15) is 0 Å². The number of non-ortho nitro benzene ring substituents is 2. The molecule has 0 saturated heterocycles. The zero-order chi connectivity index (χ0) is 48.0. The van der Waals surface area contributed by atoms with Crippen LogP contribution in [-0.4, -0.2) is 57.4 Å². The van der Waals surface area contributed by atoms with Gasteiger partial charge in [-0.05, 0) is 97.5 Å². The quantitative estimate of drug-likeness (QED) is 0.0495. The molecule has 6 rings (SSSR count). The summed E-state index contributed by atoms with van der Waals surface area (Å²) in [6.45, 7) is 0.638. The second-order valence-electron chi connectivity index (χ2n) is 13.9. The minimum atomic E-state index is -1.66. The summed E-state index contributed by atoms with van der Waals surface area (Å²) in [5, 5.41) is 44.2. The summed E-state index contributed by atoms with van der Waals surface area (Å²) in [6, 6.07) is 15.5. The minimum absolute atomic E-state index is 0.0768. The van der Waals surface area contributed by atoms with Crippen LogP contribution < -0.4 is 9.80 Å². The SMILES string of the molecule is CCOC(=O)N(Cc1c(F)cccc1F)c1sc(-c2ccc([N+](=O)[O-])cc2)c(CCc2c(-c3ccc([N+](=O)[O-])cc3)sc(N(Cc3c(F)cccc3F)C(=O)OCC)c2C(=O)O)c1C(=O)O. The normalized spacial score (nSPS) is 10.9. The number of carbonyl (C=O) groups excluding carboxylic acids is 2. The Kier molecular flexibility index (Phi) is 14.8. The second kappa shape index (κ2) is 20.4. The first-order valence-corrected chi connectivity index (χ1v) is 21.1. The number of thiophene rings is 2. The molecule has 16 nitrogen and oxygen atoms in total. The molecule has 0 aliphatic rings. The monoisotopic (exact) mass is 950 g/mol. The average molecular weight is 951 g/mol. The highest BCUT2D eigenvalue weighted by Crippen LogP contribution is 2.48. The van der Waals surface area contributed by atoms with Crippen LogP contribution in [0.4, 0.5) is 48.5 Å². The van der Waals surface area contributed by atoms with Crippen molar-refractivity contribution in [2.24, 2.45) is 0 Å². The Morgan fingerprint density at radius 3 is 1.15 bits per heavy atom. The van der Waals surface area contributed by atoms with E-state index in [4.69, 9.17) is 9.47 Å². The summed E-state index contributed by atoms with van der Waals surface area (Å²) in [4.78, 5) is 77.6. The number of nitro benzene ring substituents is 2. The van der Waals surface area contributed by atoms with Gasteiger partial charge in [0.2, 0.25) is 0 Å². The molecule has 2 aromatic heterocycles. The number of benzene rings is 4. The fraction of sp³-hybridized carbons (Fsp3) is 0.182. The summed E-state index contributed by atoms with van der Waals surface area (Å²) in [5.74, 6) is -7.61. The van der Waals surface area contributed by atoms with Gasteiger partial charge in [-0.1, -0.05) is 12.1 Å². The van der Waals surface area contributed by atoms with Crippen LogP contribution in [0.25, 0.3) is 20.9 Å². The van der Waals surface area contributed by atoms with Gasteiger partial charge in [-0.15, -0.1) is 22.7 Å². The summed E-state index contributed by atoms with van der Waals surface area (Å²) >= 11 is 1.32. The Morgan fingerprint density at radius 1 is 0.561 bits per heavy atom. The number of hydrogen-bond acceptors (Lipinski definition) is 12. The van der Waals surface area contributed by atoms with Crippen LogP contribution in [0.2, 0.25) is 0 Å². The lowest BCUT2D eigenvalue weighted by atomic mass is 9.94. The molecule has 66 heavy (non-hydrogen) atoms. The number of hydrogen-bond donors (Lipinski definition) is 2. The molecule has 0 unspecified atom stereocenters. The van der Waals surface area contributed by atoms with Crippen molar-refractivity contribution in [1.29, 1.82) is 0 Å². The van der Waals surface area contributed by atoms with E-state index in [1.54, 1.807) is 0 Å². The molecule has 22 heteroatoms. The van der Waals surface area contributed by atoms with Crippen molar-refractivity contribution < 1.29 is 66.3 Å². The number of nitro groups is 2. The van der Waals surface area contributed by atoms with Crippen LogP contribution in [0, 0.1) is 43.5 Å². The molecule has 4 aromatic carbocycles. The zero-order valence-corrected chi connectivity index (χ0v) is 36.1. The molecule has 2 amide bonds. The van der Waals surface area contributed by atoms with Gasteiger partial charge < -0.3 is 19.7 Å². The molecule has 0 aliphatic carbocycles. The lowest BCUT2D eigenvalue weighted by molar-refractivity contribution is -0.385. The van der Waals surface area contributed by atoms with E-state index >= 15 is 17.6 Å². The Hall–Kier alpha value is -7.72. The third kappa shape index (κ3) is 9.98. The number of carbonyl (C=O) groups is 4. The third-order valence-electron chi connectivity index (χ3n) is 9.93. The van der Waals surface area contributed by atoms with Crippen molar-refractivity contribution in [3.05, 3.63) is 162 Å². The molecular weight excluding hydrogens is 917 g/mol. The van der Waals surface area contributed by atoms with Gasteiger partial charge in [0.15, 0.2) is 0 Å². The van der Waals surface area contributed by atoms with Crippen molar-refractivity contribution in [2.75, 3.05) is 23.0 Å². The topological polar surface area (TPSA) is 220 Å². The average Bonchev–Trinajstić information content (AvgIpc) is 3.85. The Labute approximate surface area is 378 Å². The zero-order valence-electron chi connectivity index (χ0n) is 34.4. The minimum Gasteiger partial charge on any atom is -0.478 e. The standard InChI is InChI=1S/C44H34F4N4O12S2/c1-3-63-43(57)49(21-29-31(45)7-5-8-32(29)46)39-35(41(53)54)27(37(65-39)23-11-15-25(16-12-23)51(59)60)19-20-28-36(42(55)56)40(66-38(28)24-13-17-26(18-14-24)52(61)62)50(44(58)64-4-2)22-30-33(47)9-6-10-34(30)48/h5-18H,3-4,19-22H2,1-2H3,(H,53,54)(H,55,56). The summed E-state index contributed by atoms with van der Waals surface area (Å²) in [7, 11) is 0. The number of nitrogens with zero attached hydrogens (tertiary/aromatic N) is 4. The first-order chi connectivity index (χ1) is 31.5. The van der Waals surface area contributed by atoms with Gasteiger partial charge in [-0.3, -0.25) is 30.0 Å². The van der Waals surface area contributed by atoms with Crippen LogP contribution in [-0.2, 0) is 35.4 Å². The smallest absolute Gasteiger partial charge is 0.415 e. The van der Waals surface area contributed by atoms with E-state index in [-0.39, 0.29) is 66.6 Å². The molecule has 0 bridgehead atoms. The van der Waals surface area contributed by atoms with Gasteiger partial charge in [-0.25, -0.2) is 36.7 Å². The Balaban J connectivity index is 1.61. The number of halogens is 4. The van der Waals surface area contributed by atoms with Crippen LogP contribution in [0.5, 0.6) is 0 Å². The van der Waals surface area contributed by atoms with E-state index < -0.39 is 105 Å². The predicted octanol–water partition coefficient (Wildman–Crippen LogP) is 11.0. The van der Waals surface area contributed by atoms with Crippen LogP contribution in [0.15, 0.2) is 84.9 Å². The first kappa shape index (κ1) is 47.8. The third-order valence-corrected chi connectivity index (χ3v) is 12.5. The lowest BCUT2D eigenvalue weighted by Crippen LogP contribution is -2.32. The number of ether oxygens (including phenoxy) is 2. The van der Waals surface area contributed by atoms with E-state index in [2.05, 4.69) is 0 Å². The number of amides is 2. The highest BCUT2D eigenvalue weighted by Gasteiger charge is 2.35. The van der Waals surface area contributed by atoms with E-state index in [0.29, 0.717) is 32.5 Å². The second-order valence-corrected chi connectivity index (χ2v) is 15.9. The maximum atomic E-state index is 15.1. The van der Waals surface area contributed by atoms with E-state index in [9.17, 15) is 49.6 Å². The van der Waals surface area contributed by atoms with Crippen molar-refractivity contribution in [3.8, 4) is 20.9 Å². The van der Waals surface area contributed by atoms with E-state index in [0.717, 1.165) is 60.7 Å². The van der Waals surface area contributed by atoms with Crippen molar-refractivity contribution in [1.82, 2.24) is 0 Å². The molecule has 0 atom stereocenters. The highest BCUT2D eigenvalue weighted by molar-refractivity contribution is 7.20. The summed E-state index contributed by atoms with van der Waals surface area (Å²) in [6.07, 6.45) is -3.25. The summed E-state index contributed by atoms with van der Waals surface area (Å²) in [5.41, 5.74) is -2.94. The molecule has 0 aliphatic heterocycles. The van der Waals surface area contributed by atoms with Crippen molar-refractivity contribution in [2.45, 2.75) is 39.8 Å². The van der Waals surface area contributed by atoms with Gasteiger partial charge in [0.1, 0.15) is 33.3 Å². The fourth-order valence-electron chi connectivity index (χ4n) is 6.91. The van der Waals surface area contributed by atoms with Crippen LogP contribution >= 0.6 is 22.7 Å². The van der Waals surface area contributed by atoms with E-state index in [1.807, 2.05) is 0 Å². The van der Waals surface area contributed by atoms with Gasteiger partial charge in [0.05, 0.1) is 47.3 Å². The molecular formula is C44H34F4N4O12S2. The van der Waals surface area contributed by atoms with Gasteiger partial charge in [0.25, 0.3) is 11.4 Å². The Bertz CT molecular complexity index is 2640. The van der Waals surface area contributed by atoms with E-state index in [1.165, 1.54) is 38.1 Å². The number of rotatable bonds is 17. The highest BCUT2D eigenvalue weighted by atomic mass is 32.1.